The molecule has 0 aliphatic carbocycles. The Morgan fingerprint density at radius 2 is 0.895 bits per heavy atom. The van der Waals surface area contributed by atoms with Crippen molar-refractivity contribution in [1.29, 1.82) is 0 Å². The van der Waals surface area contributed by atoms with Gasteiger partial charge in [-0.25, -0.2) is 16.8 Å². The monoisotopic (exact) mass is 578 g/mol. The minimum Gasteiger partial charge on any atom is -0.218 e. The Morgan fingerprint density at radius 3 is 1.47 bits per heavy atom. The van der Waals surface area contributed by atoms with Crippen molar-refractivity contribution in [2.24, 2.45) is 0 Å². The molecular formula is C30H20Cl2O4S2. The van der Waals surface area contributed by atoms with Crippen molar-refractivity contribution in [3.05, 3.63) is 131 Å². The molecule has 4 nitrogen and oxygen atoms in total. The molecule has 0 fully saturated rings. The average Bonchev–Trinajstić information content (AvgIpc) is 2.93. The van der Waals surface area contributed by atoms with Gasteiger partial charge in [0.2, 0.25) is 19.7 Å². The van der Waals surface area contributed by atoms with Crippen LogP contribution < -0.4 is 0 Å². The summed E-state index contributed by atoms with van der Waals surface area (Å²) in [6, 6.07) is 32.6. The molecule has 0 N–H and O–H groups in total. The molecule has 8 heteroatoms. The van der Waals surface area contributed by atoms with Gasteiger partial charge in [-0.05, 0) is 71.3 Å². The zero-order chi connectivity index (χ0) is 26.9. The second-order valence-corrected chi connectivity index (χ2v) is 13.1. The van der Waals surface area contributed by atoms with Gasteiger partial charge in [-0.15, -0.1) is 0 Å². The standard InChI is InChI=1S/C30H20Cl2O4S2/c31-22-13-17-24(18-14-22)37(33,34)29-12-6-11-28(30(29)38(35,36)25-19-15-23(32)16-20-25)27-10-5-4-9-26(27)21-7-2-1-3-8-21/h1-20H. The van der Waals surface area contributed by atoms with Crippen molar-refractivity contribution in [1.82, 2.24) is 0 Å². The summed E-state index contributed by atoms with van der Waals surface area (Å²) >= 11 is 12.0. The third-order valence-electron chi connectivity index (χ3n) is 6.09. The number of benzene rings is 5. The highest BCUT2D eigenvalue weighted by atomic mass is 35.5. The molecule has 38 heavy (non-hydrogen) atoms. The maximum Gasteiger partial charge on any atom is 0.208 e. The normalized spacial score (nSPS) is 11.8. The molecule has 0 aliphatic heterocycles. The summed E-state index contributed by atoms with van der Waals surface area (Å²) in [6.45, 7) is 0. The molecule has 0 amide bonds. The van der Waals surface area contributed by atoms with Gasteiger partial charge in [-0.2, -0.15) is 0 Å². The van der Waals surface area contributed by atoms with E-state index in [2.05, 4.69) is 0 Å². The molecule has 0 saturated carbocycles. The molecule has 190 valence electrons. The number of hydrogen-bond acceptors (Lipinski definition) is 4. The fraction of sp³-hybridized carbons (Fsp3) is 0. The Kier molecular flexibility index (Phi) is 7.16. The Balaban J connectivity index is 1.86. The second kappa shape index (κ2) is 10.4. The van der Waals surface area contributed by atoms with Gasteiger partial charge < -0.3 is 0 Å². The third kappa shape index (κ3) is 4.88. The van der Waals surface area contributed by atoms with Crippen LogP contribution in [0.2, 0.25) is 10.0 Å². The van der Waals surface area contributed by atoms with Crippen LogP contribution in [0.25, 0.3) is 22.3 Å². The highest BCUT2D eigenvalue weighted by molar-refractivity contribution is 7.94. The van der Waals surface area contributed by atoms with Crippen LogP contribution in [-0.4, -0.2) is 16.8 Å². The van der Waals surface area contributed by atoms with E-state index in [0.717, 1.165) is 11.1 Å². The summed E-state index contributed by atoms with van der Waals surface area (Å²) in [6.07, 6.45) is 0. The van der Waals surface area contributed by atoms with Crippen molar-refractivity contribution < 1.29 is 16.8 Å². The Labute approximate surface area is 232 Å². The number of sulfone groups is 2. The number of halogens is 2. The van der Waals surface area contributed by atoms with E-state index in [1.165, 1.54) is 54.6 Å². The van der Waals surface area contributed by atoms with Crippen LogP contribution in [0, 0.1) is 0 Å². The first-order valence-electron chi connectivity index (χ1n) is 11.5. The fourth-order valence-corrected chi connectivity index (χ4v) is 8.08. The largest absolute Gasteiger partial charge is 0.218 e. The SMILES string of the molecule is O=S(=O)(c1ccc(Cl)cc1)c1cccc(-c2ccccc2-c2ccccc2)c1S(=O)(=O)c1ccc(Cl)cc1. The molecule has 0 aromatic heterocycles. The minimum absolute atomic E-state index is 0.0667. The first-order valence-corrected chi connectivity index (χ1v) is 15.2. The van der Waals surface area contributed by atoms with Gasteiger partial charge >= 0.3 is 0 Å². The lowest BCUT2D eigenvalue weighted by atomic mass is 9.94. The second-order valence-electron chi connectivity index (χ2n) is 8.46. The quantitative estimate of drug-likeness (QED) is 0.205. The number of hydrogen-bond donors (Lipinski definition) is 0. The van der Waals surface area contributed by atoms with Crippen molar-refractivity contribution in [2.45, 2.75) is 19.6 Å². The Morgan fingerprint density at radius 1 is 0.421 bits per heavy atom. The summed E-state index contributed by atoms with van der Waals surface area (Å²) in [5, 5.41) is 0.726. The molecule has 0 bridgehead atoms. The van der Waals surface area contributed by atoms with E-state index in [0.29, 0.717) is 15.6 Å². The van der Waals surface area contributed by atoms with Crippen LogP contribution >= 0.6 is 23.2 Å². The predicted molar refractivity (Wildman–Crippen MR) is 151 cm³/mol. The summed E-state index contributed by atoms with van der Waals surface area (Å²) in [5.74, 6) is 0. The molecule has 0 unspecified atom stereocenters. The summed E-state index contributed by atoms with van der Waals surface area (Å²) in [7, 11) is -8.58. The van der Waals surface area contributed by atoms with Gasteiger partial charge in [-0.3, -0.25) is 0 Å². The zero-order valence-electron chi connectivity index (χ0n) is 19.8. The van der Waals surface area contributed by atoms with Crippen LogP contribution in [0.4, 0.5) is 0 Å². The van der Waals surface area contributed by atoms with E-state index in [9.17, 15) is 16.8 Å². The van der Waals surface area contributed by atoms with Crippen LogP contribution in [0.1, 0.15) is 0 Å². The molecule has 0 heterocycles. The predicted octanol–water partition coefficient (Wildman–Crippen LogP) is 7.99. The third-order valence-corrected chi connectivity index (χ3v) is 10.4. The van der Waals surface area contributed by atoms with Crippen LogP contribution in [-0.2, 0) is 19.7 Å². The lowest BCUT2D eigenvalue weighted by molar-refractivity contribution is 0.583. The van der Waals surface area contributed by atoms with Gasteiger partial charge in [0.15, 0.2) is 0 Å². The van der Waals surface area contributed by atoms with Crippen LogP contribution in [0.3, 0.4) is 0 Å². The van der Waals surface area contributed by atoms with Crippen molar-refractivity contribution in [3.8, 4) is 22.3 Å². The molecular weight excluding hydrogens is 559 g/mol. The van der Waals surface area contributed by atoms with E-state index in [1.54, 1.807) is 24.3 Å². The molecule has 0 radical (unpaired) electrons. The van der Waals surface area contributed by atoms with Gasteiger partial charge in [0.1, 0.15) is 0 Å². The lowest BCUT2D eigenvalue weighted by Gasteiger charge is -2.18. The maximum atomic E-state index is 14.2. The summed E-state index contributed by atoms with van der Waals surface area (Å²) in [4.78, 5) is -0.766. The van der Waals surface area contributed by atoms with E-state index >= 15 is 0 Å². The lowest BCUT2D eigenvalue weighted by Crippen LogP contribution is -2.12. The molecule has 0 atom stereocenters. The first-order chi connectivity index (χ1) is 18.2. The van der Waals surface area contributed by atoms with Crippen molar-refractivity contribution >= 4 is 42.9 Å². The molecule has 0 aliphatic rings. The van der Waals surface area contributed by atoms with Crippen LogP contribution in [0.15, 0.2) is 141 Å². The molecule has 5 aromatic rings. The van der Waals surface area contributed by atoms with Crippen LogP contribution in [0.5, 0.6) is 0 Å². The average molecular weight is 580 g/mol. The molecule has 0 saturated heterocycles. The van der Waals surface area contributed by atoms with E-state index in [4.69, 9.17) is 23.2 Å². The van der Waals surface area contributed by atoms with Gasteiger partial charge in [0.25, 0.3) is 0 Å². The van der Waals surface area contributed by atoms with Gasteiger partial charge in [0, 0.05) is 15.6 Å². The smallest absolute Gasteiger partial charge is 0.208 e. The Hall–Kier alpha value is -3.42. The van der Waals surface area contributed by atoms with E-state index < -0.39 is 19.7 Å². The molecule has 0 spiro atoms. The van der Waals surface area contributed by atoms with Crippen molar-refractivity contribution in [3.63, 3.8) is 0 Å². The molecule has 5 rings (SSSR count). The van der Waals surface area contributed by atoms with E-state index in [-0.39, 0.29) is 25.1 Å². The first kappa shape index (κ1) is 26.2. The summed E-state index contributed by atoms with van der Waals surface area (Å²) < 4.78 is 56.2. The Bertz CT molecular complexity index is 1830. The van der Waals surface area contributed by atoms with Gasteiger partial charge in [-0.1, -0.05) is 89.9 Å². The maximum absolute atomic E-state index is 14.2. The van der Waals surface area contributed by atoms with Gasteiger partial charge in [0.05, 0.1) is 19.6 Å². The van der Waals surface area contributed by atoms with Crippen molar-refractivity contribution in [2.75, 3.05) is 0 Å². The van der Waals surface area contributed by atoms with E-state index in [1.807, 2.05) is 42.5 Å². The molecule has 5 aromatic carbocycles. The fourth-order valence-electron chi connectivity index (χ4n) is 4.28. The topological polar surface area (TPSA) is 68.3 Å². The minimum atomic E-state index is -4.33. The highest BCUT2D eigenvalue weighted by Crippen LogP contribution is 2.42. The number of rotatable bonds is 6. The highest BCUT2D eigenvalue weighted by Gasteiger charge is 2.33. The zero-order valence-corrected chi connectivity index (χ0v) is 22.9. The summed E-state index contributed by atoms with van der Waals surface area (Å²) in [5.41, 5.74) is 2.49.